The molecule has 2 rings (SSSR count). The quantitative estimate of drug-likeness (QED) is 0.0443. The van der Waals surface area contributed by atoms with Gasteiger partial charge in [-0.25, -0.2) is 14.8 Å². The summed E-state index contributed by atoms with van der Waals surface area (Å²) in [5.41, 5.74) is 18.2. The van der Waals surface area contributed by atoms with Crippen molar-refractivity contribution in [1.82, 2.24) is 46.5 Å². The Kier molecular flexibility index (Phi) is 25.5. The van der Waals surface area contributed by atoms with E-state index in [9.17, 15) is 29.1 Å². The summed E-state index contributed by atoms with van der Waals surface area (Å²) >= 11 is 0. The lowest BCUT2D eigenvalue weighted by Gasteiger charge is -2.26. The first-order valence-electron chi connectivity index (χ1n) is 20.9. The van der Waals surface area contributed by atoms with Crippen molar-refractivity contribution in [2.45, 2.75) is 153 Å². The van der Waals surface area contributed by atoms with E-state index in [-0.39, 0.29) is 26.1 Å². The first kappa shape index (κ1) is 48.8. The number of hydrogen-bond acceptors (Lipinski definition) is 11. The highest BCUT2D eigenvalue weighted by Crippen LogP contribution is 2.14. The Morgan fingerprint density at radius 2 is 0.895 bits per heavy atom. The van der Waals surface area contributed by atoms with Gasteiger partial charge in [0, 0.05) is 56.3 Å². The van der Waals surface area contributed by atoms with Crippen LogP contribution in [0.4, 0.5) is 0 Å². The van der Waals surface area contributed by atoms with Crippen LogP contribution in [0.2, 0.25) is 0 Å². The Morgan fingerprint density at radius 3 is 1.28 bits per heavy atom. The largest absolute Gasteiger partial charge is 0.480 e. The molecule has 2 aromatic rings. The number of aliphatic carboxylic acids is 1. The van der Waals surface area contributed by atoms with Crippen molar-refractivity contribution in [2.75, 3.05) is 26.2 Å². The molecule has 2 aromatic heterocycles. The van der Waals surface area contributed by atoms with Crippen LogP contribution < -0.4 is 43.8 Å². The van der Waals surface area contributed by atoms with Crippen LogP contribution in [0.5, 0.6) is 0 Å². The minimum atomic E-state index is -1.39. The Morgan fingerprint density at radius 1 is 0.544 bits per heavy atom. The van der Waals surface area contributed by atoms with Gasteiger partial charge in [0.15, 0.2) is 0 Å². The maximum atomic E-state index is 13.8. The number of nitrogens with zero attached hydrogens (tertiary/aromatic N) is 2. The summed E-state index contributed by atoms with van der Waals surface area (Å²) in [4.78, 5) is 78.6. The number of aromatic amines is 2. The highest BCUT2D eigenvalue weighted by Gasteiger charge is 2.31. The molecule has 18 heteroatoms. The Labute approximate surface area is 337 Å². The van der Waals surface area contributed by atoms with Crippen LogP contribution in [0.3, 0.4) is 0 Å². The fraction of sp³-hybridized carbons (Fsp3) is 0.718. The van der Waals surface area contributed by atoms with Crippen LogP contribution in [0, 0.1) is 0 Å². The molecule has 5 atom stereocenters. The lowest BCUT2D eigenvalue weighted by molar-refractivity contribution is -0.142. The third-order valence-electron chi connectivity index (χ3n) is 9.92. The average Bonchev–Trinajstić information content (AvgIpc) is 3.93. The second-order valence-electron chi connectivity index (χ2n) is 14.7. The molecule has 0 aliphatic heterocycles. The van der Waals surface area contributed by atoms with Crippen molar-refractivity contribution >= 4 is 29.6 Å². The van der Waals surface area contributed by atoms with Gasteiger partial charge in [0.05, 0.1) is 18.7 Å². The number of nitrogens with one attached hydrogen (secondary N) is 7. The summed E-state index contributed by atoms with van der Waals surface area (Å²) in [7, 11) is 0. The number of aromatic nitrogens is 4. The fourth-order valence-corrected chi connectivity index (χ4v) is 6.42. The van der Waals surface area contributed by atoms with E-state index < -0.39 is 59.8 Å². The molecule has 2 heterocycles. The van der Waals surface area contributed by atoms with Crippen molar-refractivity contribution in [3.63, 3.8) is 0 Å². The van der Waals surface area contributed by atoms with E-state index in [0.29, 0.717) is 18.7 Å². The van der Waals surface area contributed by atoms with Crippen molar-refractivity contribution in [3.8, 4) is 0 Å². The molecular formula is C39H70N12O6. The lowest BCUT2D eigenvalue weighted by Crippen LogP contribution is -2.62. The molecule has 0 aliphatic carbocycles. The number of carbonyl (C=O) groups excluding carboxylic acids is 4. The maximum Gasteiger partial charge on any atom is 0.327 e. The predicted molar refractivity (Wildman–Crippen MR) is 218 cm³/mol. The number of H-pyrrole nitrogens is 2. The molecule has 0 aliphatic rings. The van der Waals surface area contributed by atoms with Gasteiger partial charge in [0.25, 0.3) is 0 Å². The summed E-state index contributed by atoms with van der Waals surface area (Å²) in [6.45, 7) is 1.75. The summed E-state index contributed by atoms with van der Waals surface area (Å²) in [5.74, 6) is -4.19. The van der Waals surface area contributed by atoms with Crippen molar-refractivity contribution in [2.24, 2.45) is 17.2 Å². The van der Waals surface area contributed by atoms with E-state index >= 15 is 0 Å². The topological polar surface area (TPSA) is 301 Å². The van der Waals surface area contributed by atoms with E-state index in [1.54, 1.807) is 6.20 Å². The van der Waals surface area contributed by atoms with Gasteiger partial charge in [-0.15, -0.1) is 0 Å². The minimum Gasteiger partial charge on any atom is -0.480 e. The average molecular weight is 803 g/mol. The van der Waals surface area contributed by atoms with Crippen molar-refractivity contribution in [3.05, 3.63) is 36.4 Å². The maximum absolute atomic E-state index is 13.8. The van der Waals surface area contributed by atoms with Gasteiger partial charge in [-0.1, -0.05) is 103 Å². The van der Waals surface area contributed by atoms with Crippen LogP contribution in [0.15, 0.2) is 25.0 Å². The number of hydrogen-bond donors (Lipinski definition) is 11. The molecule has 0 saturated heterocycles. The van der Waals surface area contributed by atoms with Gasteiger partial charge in [-0.05, 0) is 13.0 Å². The SMILES string of the molecule is CCCCCCCCCCCCCCCCCCN[C@@H](Cc1cnc[nH]1)C(=O)N[C@@H](Cc1cnc[nH]1)C(=O)NC(CN)C(=O)NC(CN)C(=O)NC(CN)C(=O)O. The lowest BCUT2D eigenvalue weighted by atomic mass is 10.0. The molecule has 18 nitrogen and oxygen atoms in total. The van der Waals surface area contributed by atoms with Crippen molar-refractivity contribution in [1.29, 1.82) is 0 Å². The minimum absolute atomic E-state index is 0.0237. The van der Waals surface area contributed by atoms with Gasteiger partial charge >= 0.3 is 5.97 Å². The Bertz CT molecular complexity index is 1390. The zero-order valence-corrected chi connectivity index (χ0v) is 33.9. The van der Waals surface area contributed by atoms with Crippen LogP contribution in [0.1, 0.15) is 121 Å². The van der Waals surface area contributed by atoms with Crippen LogP contribution in [-0.2, 0) is 36.8 Å². The summed E-state index contributed by atoms with van der Waals surface area (Å²) in [6, 6.07) is -5.88. The van der Waals surface area contributed by atoms with Crippen LogP contribution >= 0.6 is 0 Å². The molecule has 0 fully saturated rings. The summed E-state index contributed by atoms with van der Waals surface area (Å²) < 4.78 is 0. The highest BCUT2D eigenvalue weighted by atomic mass is 16.4. The van der Waals surface area contributed by atoms with E-state index in [2.05, 4.69) is 53.4 Å². The van der Waals surface area contributed by atoms with Crippen LogP contribution in [0.25, 0.3) is 0 Å². The predicted octanol–water partition coefficient (Wildman–Crippen LogP) is 1.04. The number of carbonyl (C=O) groups is 5. The zero-order chi connectivity index (χ0) is 41.7. The fourth-order valence-electron chi connectivity index (χ4n) is 6.42. The summed E-state index contributed by atoms with van der Waals surface area (Å²) in [5, 5.41) is 22.6. The van der Waals surface area contributed by atoms with Gasteiger partial charge in [0.1, 0.15) is 24.2 Å². The third-order valence-corrected chi connectivity index (χ3v) is 9.92. The molecule has 14 N–H and O–H groups in total. The van der Waals surface area contributed by atoms with E-state index in [1.807, 2.05) is 0 Å². The second kappa shape index (κ2) is 29.8. The standard InChI is InChI=1S/C39H70N12O6/c1-2-3-4-5-6-7-8-9-10-11-12-13-14-15-16-17-18-45-30(19-28-24-43-26-46-28)35(52)48-31(20-29-25-44-27-47-29)36(53)49-32(21-40)37(54)50-33(22-41)38(55)51-34(23-42)39(56)57/h24-27,30-34,45H,2-23,40-42H2,1H3,(H,43,46)(H,44,47)(H,48,52)(H,49,53)(H,50,54)(H,51,55)(H,56,57)/t30-,31-,32?,33?,34?/m0/s1. The molecule has 4 amide bonds. The van der Waals surface area contributed by atoms with Crippen molar-refractivity contribution < 1.29 is 29.1 Å². The highest BCUT2D eigenvalue weighted by molar-refractivity contribution is 5.95. The molecule has 0 radical (unpaired) electrons. The number of amides is 4. The van der Waals surface area contributed by atoms with Gasteiger partial charge < -0.3 is 58.9 Å². The third kappa shape index (κ3) is 20.6. The van der Waals surface area contributed by atoms with Crippen LogP contribution in [-0.4, -0.2) is 111 Å². The zero-order valence-electron chi connectivity index (χ0n) is 33.9. The first-order chi connectivity index (χ1) is 27.6. The molecular weight excluding hydrogens is 733 g/mol. The van der Waals surface area contributed by atoms with E-state index in [0.717, 1.165) is 25.0 Å². The molecule has 57 heavy (non-hydrogen) atoms. The molecule has 322 valence electrons. The number of imidazole rings is 2. The molecule has 3 unspecified atom stereocenters. The van der Waals surface area contributed by atoms with Gasteiger partial charge in [0.2, 0.25) is 23.6 Å². The van der Waals surface area contributed by atoms with Gasteiger partial charge in [-0.2, -0.15) is 0 Å². The smallest absolute Gasteiger partial charge is 0.327 e. The molecule has 0 aromatic carbocycles. The van der Waals surface area contributed by atoms with E-state index in [4.69, 9.17) is 17.2 Å². The molecule has 0 bridgehead atoms. The van der Waals surface area contributed by atoms with Gasteiger partial charge in [-0.3, -0.25) is 19.2 Å². The Hall–Kier alpha value is -4.39. The number of unbranched alkanes of at least 4 members (excludes halogenated alkanes) is 15. The Balaban J connectivity index is 1.90. The number of rotatable bonds is 34. The van der Waals surface area contributed by atoms with E-state index in [1.165, 1.54) is 102 Å². The number of carboxylic acids is 1. The normalized spacial score (nSPS) is 13.9. The molecule has 0 spiro atoms. The first-order valence-corrected chi connectivity index (χ1v) is 20.9. The number of carboxylic acid groups (broad SMARTS) is 1. The molecule has 0 saturated carbocycles. The monoisotopic (exact) mass is 803 g/mol. The number of nitrogens with two attached hydrogens (primary N) is 3. The second-order valence-corrected chi connectivity index (χ2v) is 14.7. The summed E-state index contributed by atoms with van der Waals surface area (Å²) in [6.07, 6.45) is 26.8.